The van der Waals surface area contributed by atoms with E-state index >= 15 is 0 Å². The molecule has 1 aromatic carbocycles. The molecule has 3 nitrogen and oxygen atoms in total. The summed E-state index contributed by atoms with van der Waals surface area (Å²) in [5.74, 6) is -0.400. The predicted octanol–water partition coefficient (Wildman–Crippen LogP) is 1.96. The number of ether oxygens (including phenoxy) is 1. The number of aryl methyl sites for hydroxylation is 1. The smallest absolute Gasteiger partial charge is 0.338 e. The number of hydrogen-bond donors (Lipinski definition) is 0. The molecule has 14 heavy (non-hydrogen) atoms. The molecule has 0 heterocycles. The van der Waals surface area contributed by atoms with Crippen LogP contribution in [0.5, 0.6) is 0 Å². The quantitative estimate of drug-likeness (QED) is 0.634. The van der Waals surface area contributed by atoms with Gasteiger partial charge in [0.1, 0.15) is 0 Å². The minimum Gasteiger partial charge on any atom is -0.465 e. The van der Waals surface area contributed by atoms with Crippen molar-refractivity contribution in [2.24, 2.45) is 0 Å². The Kier molecular flexibility index (Phi) is 2.88. The highest BCUT2D eigenvalue weighted by Gasteiger charge is 2.11. The van der Waals surface area contributed by atoms with Crippen LogP contribution in [-0.4, -0.2) is 13.1 Å². The van der Waals surface area contributed by atoms with Gasteiger partial charge in [-0.2, -0.15) is 5.26 Å². The summed E-state index contributed by atoms with van der Waals surface area (Å²) in [6.07, 6.45) is 0. The number of rotatable bonds is 1. The highest BCUT2D eigenvalue weighted by Crippen LogP contribution is 2.16. The first kappa shape index (κ1) is 10.3. The van der Waals surface area contributed by atoms with Crippen molar-refractivity contribution in [1.82, 2.24) is 0 Å². The summed E-state index contributed by atoms with van der Waals surface area (Å²) in [5.41, 5.74) is 2.72. The van der Waals surface area contributed by atoms with Crippen LogP contribution in [0.3, 0.4) is 0 Å². The molecule has 1 rings (SSSR count). The lowest BCUT2D eigenvalue weighted by Gasteiger charge is -2.06. The van der Waals surface area contributed by atoms with Gasteiger partial charge in [0.05, 0.1) is 24.3 Å². The van der Waals surface area contributed by atoms with Crippen LogP contribution in [-0.2, 0) is 4.74 Å². The van der Waals surface area contributed by atoms with Gasteiger partial charge >= 0.3 is 5.97 Å². The molecule has 0 unspecified atom stereocenters. The maximum atomic E-state index is 11.3. The Bertz CT molecular complexity index is 416. The van der Waals surface area contributed by atoms with Crippen LogP contribution in [0.15, 0.2) is 12.1 Å². The van der Waals surface area contributed by atoms with E-state index in [1.165, 1.54) is 7.11 Å². The molecule has 0 radical (unpaired) electrons. The molecule has 0 saturated carbocycles. The van der Waals surface area contributed by atoms with Gasteiger partial charge in [0, 0.05) is 0 Å². The van der Waals surface area contributed by atoms with Gasteiger partial charge in [0.25, 0.3) is 0 Å². The second kappa shape index (κ2) is 3.93. The zero-order valence-electron chi connectivity index (χ0n) is 8.42. The van der Waals surface area contributed by atoms with Crippen molar-refractivity contribution in [3.8, 4) is 6.07 Å². The number of carbonyl (C=O) groups excluding carboxylic acids is 1. The normalized spacial score (nSPS) is 9.29. The molecule has 0 aliphatic heterocycles. The number of hydrogen-bond acceptors (Lipinski definition) is 3. The molecule has 0 spiro atoms. The molecular formula is C11H11NO2. The highest BCUT2D eigenvalue weighted by atomic mass is 16.5. The van der Waals surface area contributed by atoms with Crippen LogP contribution in [0.1, 0.15) is 27.0 Å². The summed E-state index contributed by atoms with van der Waals surface area (Å²) in [4.78, 5) is 11.3. The van der Waals surface area contributed by atoms with Crippen LogP contribution in [0.2, 0.25) is 0 Å². The van der Waals surface area contributed by atoms with Gasteiger partial charge in [0.2, 0.25) is 0 Å². The first-order valence-electron chi connectivity index (χ1n) is 4.19. The Morgan fingerprint density at radius 1 is 1.43 bits per heavy atom. The van der Waals surface area contributed by atoms with E-state index < -0.39 is 5.97 Å². The predicted molar refractivity (Wildman–Crippen MR) is 52.0 cm³/mol. The van der Waals surface area contributed by atoms with Gasteiger partial charge in [0.15, 0.2) is 0 Å². The van der Waals surface area contributed by atoms with Crippen LogP contribution < -0.4 is 0 Å². The van der Waals surface area contributed by atoms with Gasteiger partial charge < -0.3 is 4.74 Å². The average molecular weight is 189 g/mol. The fraction of sp³-hybridized carbons (Fsp3) is 0.273. The number of carbonyl (C=O) groups is 1. The molecule has 0 amide bonds. The van der Waals surface area contributed by atoms with E-state index in [1.54, 1.807) is 12.1 Å². The summed E-state index contributed by atoms with van der Waals surface area (Å²) in [7, 11) is 1.33. The van der Waals surface area contributed by atoms with E-state index in [2.05, 4.69) is 4.74 Å². The molecular weight excluding hydrogens is 178 g/mol. The van der Waals surface area contributed by atoms with Gasteiger partial charge in [-0.15, -0.1) is 0 Å². The lowest BCUT2D eigenvalue weighted by atomic mass is 10.0. The maximum Gasteiger partial charge on any atom is 0.338 e. The number of nitrogens with zero attached hydrogens (tertiary/aromatic N) is 1. The van der Waals surface area contributed by atoms with E-state index in [0.29, 0.717) is 11.1 Å². The lowest BCUT2D eigenvalue weighted by Crippen LogP contribution is -2.05. The Morgan fingerprint density at radius 3 is 2.57 bits per heavy atom. The number of esters is 1. The molecule has 0 N–H and O–H groups in total. The van der Waals surface area contributed by atoms with Gasteiger partial charge in [-0.05, 0) is 37.1 Å². The minimum atomic E-state index is -0.400. The fourth-order valence-electron chi connectivity index (χ4n) is 1.25. The third kappa shape index (κ3) is 1.74. The SMILES string of the molecule is COC(=O)c1cc(C#N)cc(C)c1C. The van der Waals surface area contributed by atoms with Gasteiger partial charge in [-0.25, -0.2) is 4.79 Å². The summed E-state index contributed by atoms with van der Waals surface area (Å²) < 4.78 is 4.62. The van der Waals surface area contributed by atoms with Crippen molar-refractivity contribution in [3.05, 3.63) is 34.4 Å². The first-order chi connectivity index (χ1) is 6.60. The minimum absolute atomic E-state index is 0.400. The Labute approximate surface area is 82.9 Å². The Balaban J connectivity index is 3.36. The molecule has 72 valence electrons. The average Bonchev–Trinajstić information content (AvgIpc) is 2.20. The molecule has 1 aromatic rings. The third-order valence-corrected chi connectivity index (χ3v) is 2.20. The van der Waals surface area contributed by atoms with E-state index in [4.69, 9.17) is 5.26 Å². The Morgan fingerprint density at radius 2 is 2.07 bits per heavy atom. The van der Waals surface area contributed by atoms with Crippen molar-refractivity contribution in [1.29, 1.82) is 5.26 Å². The van der Waals surface area contributed by atoms with Crippen LogP contribution in [0.25, 0.3) is 0 Å². The molecule has 0 fully saturated rings. The first-order valence-corrected chi connectivity index (χ1v) is 4.19. The standard InChI is InChI=1S/C11H11NO2/c1-7-4-9(6-12)5-10(8(7)2)11(13)14-3/h4-5H,1-3H3. The molecule has 0 saturated heterocycles. The van der Waals surface area contributed by atoms with E-state index in [-0.39, 0.29) is 0 Å². The molecule has 0 bridgehead atoms. The highest BCUT2D eigenvalue weighted by molar-refractivity contribution is 5.91. The lowest BCUT2D eigenvalue weighted by molar-refractivity contribution is 0.0599. The summed E-state index contributed by atoms with van der Waals surface area (Å²) >= 11 is 0. The van der Waals surface area contributed by atoms with E-state index in [9.17, 15) is 4.79 Å². The Hall–Kier alpha value is -1.82. The second-order valence-electron chi connectivity index (χ2n) is 3.07. The third-order valence-electron chi connectivity index (χ3n) is 2.20. The number of nitriles is 1. The fourth-order valence-corrected chi connectivity index (χ4v) is 1.25. The summed E-state index contributed by atoms with van der Waals surface area (Å²) in [6.45, 7) is 3.70. The van der Waals surface area contributed by atoms with Crippen LogP contribution in [0.4, 0.5) is 0 Å². The van der Waals surface area contributed by atoms with Crippen LogP contribution in [0, 0.1) is 25.2 Å². The molecule has 0 aliphatic rings. The number of methoxy groups -OCH3 is 1. The van der Waals surface area contributed by atoms with Crippen molar-refractivity contribution in [3.63, 3.8) is 0 Å². The van der Waals surface area contributed by atoms with Crippen LogP contribution >= 0.6 is 0 Å². The van der Waals surface area contributed by atoms with Crippen molar-refractivity contribution >= 4 is 5.97 Å². The zero-order valence-corrected chi connectivity index (χ0v) is 8.42. The van der Waals surface area contributed by atoms with Gasteiger partial charge in [-0.3, -0.25) is 0 Å². The monoisotopic (exact) mass is 189 g/mol. The van der Waals surface area contributed by atoms with E-state index in [0.717, 1.165) is 11.1 Å². The van der Waals surface area contributed by atoms with Gasteiger partial charge in [-0.1, -0.05) is 0 Å². The van der Waals surface area contributed by atoms with Crippen molar-refractivity contribution < 1.29 is 9.53 Å². The second-order valence-corrected chi connectivity index (χ2v) is 3.07. The topological polar surface area (TPSA) is 50.1 Å². The molecule has 0 atom stereocenters. The summed E-state index contributed by atoms with van der Waals surface area (Å²) in [6, 6.07) is 5.31. The molecule has 0 aliphatic carbocycles. The largest absolute Gasteiger partial charge is 0.465 e. The number of benzene rings is 1. The maximum absolute atomic E-state index is 11.3. The molecule has 0 aromatic heterocycles. The van der Waals surface area contributed by atoms with E-state index in [1.807, 2.05) is 19.9 Å². The van der Waals surface area contributed by atoms with Crippen molar-refractivity contribution in [2.75, 3.05) is 7.11 Å². The zero-order chi connectivity index (χ0) is 10.7. The van der Waals surface area contributed by atoms with Crippen molar-refractivity contribution in [2.45, 2.75) is 13.8 Å². The molecule has 3 heteroatoms. The summed E-state index contributed by atoms with van der Waals surface area (Å²) in [5, 5.41) is 8.73.